The molecule has 0 nitrogen and oxygen atoms in total. The van der Waals surface area contributed by atoms with E-state index < -0.39 is 0 Å². The third-order valence-electron chi connectivity index (χ3n) is 7.64. The normalized spacial score (nSPS) is 23.5. The molecule has 2 unspecified atom stereocenters. The van der Waals surface area contributed by atoms with Crippen molar-refractivity contribution < 1.29 is 44.0 Å². The molecule has 0 heterocycles. The number of hydrogen-bond acceptors (Lipinski definition) is 0. The van der Waals surface area contributed by atoms with Crippen LogP contribution in [0.3, 0.4) is 0 Å². The predicted octanol–water partition coefficient (Wildman–Crippen LogP) is 2.59. The van der Waals surface area contributed by atoms with E-state index in [9.17, 15) is 0 Å². The first kappa shape index (κ1) is 24.8. The van der Waals surface area contributed by atoms with Crippen molar-refractivity contribution in [3.05, 3.63) is 106 Å². The standard InChI is InChI=1S/2C15H15.2ClH.Ti/c2*1-2-6-12(7-3-1)15-10-13-8-4-5-9-14(13)11-15;;;/h2*1-3,6-7,10-11H,4-5,8-9H2;2*1H;/q;;;;+2/p-2. The summed E-state index contributed by atoms with van der Waals surface area (Å²) in [5, 5.41) is 0. The number of allylic oxidation sites excluding steroid dienone is 8. The molecule has 0 N–H and O–H groups in total. The molecule has 33 heavy (non-hydrogen) atoms. The fourth-order valence-corrected chi connectivity index (χ4v) is 9.64. The third-order valence-corrected chi connectivity index (χ3v) is 10.7. The Kier molecular flexibility index (Phi) is 8.24. The summed E-state index contributed by atoms with van der Waals surface area (Å²) in [4.78, 5) is 0. The maximum absolute atomic E-state index is 2.61. The van der Waals surface area contributed by atoms with E-state index in [0.717, 1.165) is 0 Å². The molecule has 6 rings (SSSR count). The Labute approximate surface area is 220 Å². The monoisotopic (exact) mass is 508 g/mol. The topological polar surface area (TPSA) is 0 Å². The molecule has 0 aliphatic heterocycles. The zero-order chi connectivity index (χ0) is 20.6. The number of halogens is 2. The molecule has 0 aromatic heterocycles. The van der Waals surface area contributed by atoms with E-state index in [1.165, 1.54) is 62.5 Å². The minimum Gasteiger partial charge on any atom is -1.00 e. The van der Waals surface area contributed by atoms with Crippen LogP contribution in [0.1, 0.15) is 62.5 Å². The Morgan fingerprint density at radius 1 is 0.515 bits per heavy atom. The van der Waals surface area contributed by atoms with Gasteiger partial charge in [0.05, 0.1) is 0 Å². The molecule has 0 saturated carbocycles. The zero-order valence-electron chi connectivity index (χ0n) is 19.0. The van der Waals surface area contributed by atoms with E-state index >= 15 is 0 Å². The van der Waals surface area contributed by atoms with Gasteiger partial charge >= 0.3 is 196 Å². The Morgan fingerprint density at radius 3 is 1.33 bits per heavy atom. The maximum Gasteiger partial charge on any atom is -1.00 e. The van der Waals surface area contributed by atoms with Crippen molar-refractivity contribution in [2.45, 2.75) is 59.8 Å². The van der Waals surface area contributed by atoms with Gasteiger partial charge in [-0.2, -0.15) is 0 Å². The van der Waals surface area contributed by atoms with Crippen LogP contribution in [-0.4, -0.2) is 0 Å². The second-order valence-electron chi connectivity index (χ2n) is 9.48. The van der Waals surface area contributed by atoms with E-state index in [0.29, 0.717) is 8.45 Å². The fourth-order valence-electron chi connectivity index (χ4n) is 6.12. The summed E-state index contributed by atoms with van der Waals surface area (Å²) in [7, 11) is 0. The van der Waals surface area contributed by atoms with Gasteiger partial charge in [-0.25, -0.2) is 0 Å². The van der Waals surface area contributed by atoms with Crippen LogP contribution in [0, 0.1) is 0 Å². The molecule has 2 aromatic rings. The third kappa shape index (κ3) is 4.78. The number of rotatable bonds is 4. The van der Waals surface area contributed by atoms with Crippen LogP contribution in [0.5, 0.6) is 0 Å². The molecular formula is C30H30Cl2Ti. The molecule has 0 spiro atoms. The first-order valence-electron chi connectivity index (χ1n) is 12.1. The van der Waals surface area contributed by atoms with Crippen LogP contribution in [0.25, 0.3) is 11.1 Å². The van der Waals surface area contributed by atoms with Crippen molar-refractivity contribution in [2.75, 3.05) is 0 Å². The molecule has 0 amide bonds. The SMILES string of the molecule is C1=C(c2ccccc2)[CH]([Ti+2][CH]2C(c3ccccc3)=CC3=C2CCCC3)C2=C1CCCC2.[Cl-].[Cl-]. The molecule has 0 saturated heterocycles. The van der Waals surface area contributed by atoms with Gasteiger partial charge in [0, 0.05) is 0 Å². The second-order valence-corrected chi connectivity index (χ2v) is 11.8. The Hall–Kier alpha value is -1.31. The first-order valence-corrected chi connectivity index (χ1v) is 13.9. The van der Waals surface area contributed by atoms with Gasteiger partial charge in [0.2, 0.25) is 0 Å². The van der Waals surface area contributed by atoms with Crippen LogP contribution in [0.4, 0.5) is 0 Å². The molecule has 2 atom stereocenters. The van der Waals surface area contributed by atoms with Crippen LogP contribution in [0.15, 0.2) is 95.1 Å². The van der Waals surface area contributed by atoms with Gasteiger partial charge in [-0.1, -0.05) is 0 Å². The van der Waals surface area contributed by atoms with E-state index in [-0.39, 0.29) is 44.0 Å². The Bertz CT molecular complexity index is 1020. The summed E-state index contributed by atoms with van der Waals surface area (Å²) >= 11 is -0.237. The van der Waals surface area contributed by atoms with Gasteiger partial charge in [-0.3, -0.25) is 0 Å². The quantitative estimate of drug-likeness (QED) is 0.557. The van der Waals surface area contributed by atoms with Gasteiger partial charge in [0.15, 0.2) is 0 Å². The van der Waals surface area contributed by atoms with E-state index in [4.69, 9.17) is 0 Å². The van der Waals surface area contributed by atoms with Crippen molar-refractivity contribution in [3.63, 3.8) is 0 Å². The molecule has 4 aliphatic rings. The average molecular weight is 509 g/mol. The fraction of sp³-hybridized carbons (Fsp3) is 0.333. The van der Waals surface area contributed by atoms with Crippen molar-refractivity contribution in [3.8, 4) is 0 Å². The van der Waals surface area contributed by atoms with Gasteiger partial charge in [-0.05, 0) is 0 Å². The molecule has 168 valence electrons. The Balaban J connectivity index is 0.00000130. The minimum absolute atomic E-state index is 0. The van der Waals surface area contributed by atoms with E-state index in [1.807, 2.05) is 11.1 Å². The van der Waals surface area contributed by atoms with Crippen molar-refractivity contribution >= 4 is 11.1 Å². The van der Waals surface area contributed by atoms with Gasteiger partial charge in [0.1, 0.15) is 0 Å². The van der Waals surface area contributed by atoms with E-state index in [1.54, 1.807) is 22.3 Å². The molecule has 4 aliphatic carbocycles. The van der Waals surface area contributed by atoms with Gasteiger partial charge in [0.25, 0.3) is 0 Å². The largest absolute Gasteiger partial charge is 1.00 e. The van der Waals surface area contributed by atoms with E-state index in [2.05, 4.69) is 72.8 Å². The van der Waals surface area contributed by atoms with Crippen molar-refractivity contribution in [1.82, 2.24) is 0 Å². The van der Waals surface area contributed by atoms with Gasteiger partial charge in [-0.15, -0.1) is 0 Å². The van der Waals surface area contributed by atoms with Crippen LogP contribution in [0.2, 0.25) is 8.45 Å². The Morgan fingerprint density at radius 2 is 0.909 bits per heavy atom. The summed E-state index contributed by atoms with van der Waals surface area (Å²) in [5.41, 5.74) is 13.2. The average Bonchev–Trinajstić information content (AvgIpc) is 3.40. The number of hydrogen-bond donors (Lipinski definition) is 0. The molecule has 2 aromatic carbocycles. The molecule has 0 fully saturated rings. The summed E-state index contributed by atoms with van der Waals surface area (Å²) in [6.07, 6.45) is 16.0. The van der Waals surface area contributed by atoms with Crippen molar-refractivity contribution in [1.29, 1.82) is 0 Å². The van der Waals surface area contributed by atoms with Crippen molar-refractivity contribution in [2.24, 2.45) is 0 Å². The molecule has 3 heteroatoms. The first-order chi connectivity index (χ1) is 15.4. The zero-order valence-corrected chi connectivity index (χ0v) is 22.1. The molecule has 0 bridgehead atoms. The summed E-state index contributed by atoms with van der Waals surface area (Å²) < 4.78 is 1.42. The maximum atomic E-state index is 2.61. The van der Waals surface area contributed by atoms with Crippen LogP contribution in [-0.2, 0) is 19.2 Å². The smallest absolute Gasteiger partial charge is 1.00 e. The van der Waals surface area contributed by atoms with Crippen LogP contribution < -0.4 is 24.8 Å². The summed E-state index contributed by atoms with van der Waals surface area (Å²) in [5.74, 6) is 0. The second kappa shape index (κ2) is 11.0. The van der Waals surface area contributed by atoms with Gasteiger partial charge < -0.3 is 24.8 Å². The summed E-state index contributed by atoms with van der Waals surface area (Å²) in [6.45, 7) is 0. The molecular weight excluding hydrogens is 479 g/mol. The van der Waals surface area contributed by atoms with Crippen LogP contribution >= 0.6 is 0 Å². The molecule has 0 radical (unpaired) electrons. The predicted molar refractivity (Wildman–Crippen MR) is 127 cm³/mol. The minimum atomic E-state index is -0.237. The summed E-state index contributed by atoms with van der Waals surface area (Å²) in [6, 6.07) is 22.6. The number of benzene rings is 2.